The van der Waals surface area contributed by atoms with Crippen molar-refractivity contribution in [2.75, 3.05) is 19.0 Å². The summed E-state index contributed by atoms with van der Waals surface area (Å²) in [6.45, 7) is 4.62. The van der Waals surface area contributed by atoms with E-state index in [1.807, 2.05) is 45.2 Å². The lowest BCUT2D eigenvalue weighted by molar-refractivity contribution is -0.121. The number of halogens is 1. The van der Waals surface area contributed by atoms with Crippen molar-refractivity contribution in [3.63, 3.8) is 0 Å². The van der Waals surface area contributed by atoms with Gasteiger partial charge in [-0.3, -0.25) is 4.79 Å². The summed E-state index contributed by atoms with van der Waals surface area (Å²) < 4.78 is 5.25. The molecule has 18 heavy (non-hydrogen) atoms. The summed E-state index contributed by atoms with van der Waals surface area (Å²) in [4.78, 5) is 11.6. The molecule has 0 saturated carbocycles. The topological polar surface area (TPSA) is 50.4 Å². The van der Waals surface area contributed by atoms with Gasteiger partial charge in [-0.2, -0.15) is 0 Å². The number of amides is 1. The van der Waals surface area contributed by atoms with Crippen molar-refractivity contribution in [2.24, 2.45) is 0 Å². The fraction of sp³-hybridized carbons (Fsp3) is 0.462. The molecule has 0 atom stereocenters. The molecule has 0 aliphatic carbocycles. The number of rotatable bonds is 6. The predicted molar refractivity (Wildman–Crippen MR) is 76.2 cm³/mol. The van der Waals surface area contributed by atoms with Gasteiger partial charge in [-0.25, -0.2) is 0 Å². The van der Waals surface area contributed by atoms with Crippen LogP contribution in [-0.2, 0) is 16.1 Å². The first kappa shape index (κ1) is 16.9. The van der Waals surface area contributed by atoms with Crippen LogP contribution in [0.1, 0.15) is 19.4 Å². The molecular formula is C13H21ClN2O2. The Balaban J connectivity index is 0.00000289. The van der Waals surface area contributed by atoms with E-state index < -0.39 is 0 Å². The third-order valence-corrected chi connectivity index (χ3v) is 2.21. The number of nitrogens with one attached hydrogen (secondary N) is 2. The molecule has 0 radical (unpaired) electrons. The highest BCUT2D eigenvalue weighted by Crippen LogP contribution is 2.14. The van der Waals surface area contributed by atoms with Crippen LogP contribution in [0.15, 0.2) is 24.3 Å². The van der Waals surface area contributed by atoms with Crippen LogP contribution in [0, 0.1) is 0 Å². The number of hydrogen-bond acceptors (Lipinski definition) is 3. The Hall–Kier alpha value is -1.10. The van der Waals surface area contributed by atoms with Gasteiger partial charge in [-0.1, -0.05) is 18.2 Å². The highest BCUT2D eigenvalue weighted by molar-refractivity contribution is 5.92. The maximum Gasteiger partial charge on any atom is 0.250 e. The average Bonchev–Trinajstić information content (AvgIpc) is 2.29. The van der Waals surface area contributed by atoms with Gasteiger partial charge >= 0.3 is 0 Å². The van der Waals surface area contributed by atoms with Crippen LogP contribution in [0.5, 0.6) is 0 Å². The molecule has 1 aromatic carbocycles. The molecule has 0 fully saturated rings. The number of anilines is 1. The molecule has 0 bridgehead atoms. The van der Waals surface area contributed by atoms with Crippen LogP contribution in [0.25, 0.3) is 0 Å². The first-order chi connectivity index (χ1) is 8.13. The third-order valence-electron chi connectivity index (χ3n) is 2.21. The Morgan fingerprint density at radius 2 is 2.00 bits per heavy atom. The molecule has 0 saturated heterocycles. The molecule has 5 heteroatoms. The smallest absolute Gasteiger partial charge is 0.250 e. The first-order valence-electron chi connectivity index (χ1n) is 5.77. The second-order valence-electron chi connectivity index (χ2n) is 4.10. The van der Waals surface area contributed by atoms with Gasteiger partial charge in [-0.15, -0.1) is 12.4 Å². The molecule has 2 N–H and O–H groups in total. The number of hydrogen-bond donors (Lipinski definition) is 2. The highest BCUT2D eigenvalue weighted by Gasteiger charge is 2.06. The van der Waals surface area contributed by atoms with Gasteiger partial charge in [0.25, 0.3) is 0 Å². The van der Waals surface area contributed by atoms with Crippen LogP contribution in [0.4, 0.5) is 5.69 Å². The number of carbonyl (C=O) groups is 1. The first-order valence-corrected chi connectivity index (χ1v) is 5.77. The van der Waals surface area contributed by atoms with Crippen LogP contribution >= 0.6 is 12.4 Å². The zero-order valence-electron chi connectivity index (χ0n) is 11.0. The van der Waals surface area contributed by atoms with Crippen molar-refractivity contribution in [2.45, 2.75) is 26.5 Å². The molecule has 0 aromatic heterocycles. The van der Waals surface area contributed by atoms with Crippen molar-refractivity contribution in [1.82, 2.24) is 5.32 Å². The molecule has 0 unspecified atom stereocenters. The molecule has 1 aromatic rings. The Morgan fingerprint density at radius 3 is 2.61 bits per heavy atom. The summed E-state index contributed by atoms with van der Waals surface area (Å²) in [7, 11) is 1.88. The third kappa shape index (κ3) is 6.00. The highest BCUT2D eigenvalue weighted by atomic mass is 35.5. The van der Waals surface area contributed by atoms with Crippen molar-refractivity contribution in [1.29, 1.82) is 0 Å². The van der Waals surface area contributed by atoms with E-state index >= 15 is 0 Å². The quantitative estimate of drug-likeness (QED) is 0.835. The van der Waals surface area contributed by atoms with Gasteiger partial charge in [0, 0.05) is 12.2 Å². The summed E-state index contributed by atoms with van der Waals surface area (Å²) >= 11 is 0. The van der Waals surface area contributed by atoms with Gasteiger partial charge in [0.2, 0.25) is 5.91 Å². The van der Waals surface area contributed by atoms with E-state index in [2.05, 4.69) is 10.6 Å². The van der Waals surface area contributed by atoms with Crippen LogP contribution in [0.3, 0.4) is 0 Å². The molecule has 4 nitrogen and oxygen atoms in total. The minimum Gasteiger partial charge on any atom is -0.369 e. The van der Waals surface area contributed by atoms with Gasteiger partial charge in [0.15, 0.2) is 0 Å². The molecule has 1 amide bonds. The van der Waals surface area contributed by atoms with E-state index in [0.717, 1.165) is 17.8 Å². The minimum absolute atomic E-state index is 0. The number of carbonyl (C=O) groups excluding carboxylic acids is 1. The van der Waals surface area contributed by atoms with E-state index in [-0.39, 0.29) is 31.0 Å². The fourth-order valence-electron chi connectivity index (χ4n) is 1.42. The number of para-hydroxylation sites is 1. The van der Waals surface area contributed by atoms with Gasteiger partial charge in [-0.05, 0) is 32.5 Å². The lowest BCUT2D eigenvalue weighted by Crippen LogP contribution is -2.21. The molecule has 0 spiro atoms. The predicted octanol–water partition coefficient (Wildman–Crippen LogP) is 2.19. The molecule has 102 valence electrons. The van der Waals surface area contributed by atoms with E-state index in [4.69, 9.17) is 4.74 Å². The van der Waals surface area contributed by atoms with Gasteiger partial charge in [0.1, 0.15) is 6.61 Å². The standard InChI is InChI=1S/C13H20N2O2.ClH/c1-10(2)17-9-13(16)15-12-7-5-4-6-11(12)8-14-3;/h4-7,10,14H,8-9H2,1-3H3,(H,15,16);1H. The lowest BCUT2D eigenvalue weighted by atomic mass is 10.2. The molecule has 0 aliphatic rings. The lowest BCUT2D eigenvalue weighted by Gasteiger charge is -2.11. The monoisotopic (exact) mass is 272 g/mol. The molecule has 0 aliphatic heterocycles. The second-order valence-corrected chi connectivity index (χ2v) is 4.10. The SMILES string of the molecule is CNCc1ccccc1NC(=O)COC(C)C.Cl. The van der Waals surface area contributed by atoms with E-state index in [1.54, 1.807) is 0 Å². The van der Waals surface area contributed by atoms with E-state index in [1.165, 1.54) is 0 Å². The Morgan fingerprint density at radius 1 is 1.33 bits per heavy atom. The van der Waals surface area contributed by atoms with Crippen molar-refractivity contribution < 1.29 is 9.53 Å². The molecule has 1 rings (SSSR count). The number of benzene rings is 1. The minimum atomic E-state index is -0.123. The second kappa shape index (κ2) is 8.91. The zero-order chi connectivity index (χ0) is 12.7. The van der Waals surface area contributed by atoms with Crippen molar-refractivity contribution in [3.8, 4) is 0 Å². The summed E-state index contributed by atoms with van der Waals surface area (Å²) in [5.74, 6) is -0.123. The maximum atomic E-state index is 11.6. The molecule has 0 heterocycles. The Kier molecular flexibility index (Phi) is 8.37. The maximum absolute atomic E-state index is 11.6. The molecular weight excluding hydrogens is 252 g/mol. The Bertz CT molecular complexity index is 370. The van der Waals surface area contributed by atoms with Gasteiger partial charge in [0.05, 0.1) is 6.10 Å². The van der Waals surface area contributed by atoms with E-state index in [0.29, 0.717) is 0 Å². The van der Waals surface area contributed by atoms with Crippen LogP contribution in [0.2, 0.25) is 0 Å². The average molecular weight is 273 g/mol. The summed E-state index contributed by atoms with van der Waals surface area (Å²) in [5.41, 5.74) is 1.90. The fourth-order valence-corrected chi connectivity index (χ4v) is 1.42. The number of ether oxygens (including phenoxy) is 1. The normalized spacial score (nSPS) is 10.0. The summed E-state index contributed by atoms with van der Waals surface area (Å²) in [6.07, 6.45) is 0.0632. The van der Waals surface area contributed by atoms with Crippen LogP contribution in [-0.4, -0.2) is 25.7 Å². The van der Waals surface area contributed by atoms with Crippen molar-refractivity contribution in [3.05, 3.63) is 29.8 Å². The van der Waals surface area contributed by atoms with E-state index in [9.17, 15) is 4.79 Å². The van der Waals surface area contributed by atoms with Crippen LogP contribution < -0.4 is 10.6 Å². The summed E-state index contributed by atoms with van der Waals surface area (Å²) in [6, 6.07) is 7.72. The zero-order valence-corrected chi connectivity index (χ0v) is 11.8. The summed E-state index contributed by atoms with van der Waals surface area (Å²) in [5, 5.41) is 5.91. The largest absolute Gasteiger partial charge is 0.369 e. The Labute approximate surface area is 115 Å². The van der Waals surface area contributed by atoms with Gasteiger partial charge < -0.3 is 15.4 Å². The van der Waals surface area contributed by atoms with Crippen molar-refractivity contribution >= 4 is 24.0 Å².